The maximum Gasteiger partial charge on any atom is 0.410 e. The van der Waals surface area contributed by atoms with Crippen LogP contribution in [0.1, 0.15) is 84.8 Å². The van der Waals surface area contributed by atoms with Crippen molar-refractivity contribution >= 4 is 17.9 Å². The normalized spacial score (nSPS) is 18.6. The van der Waals surface area contributed by atoms with Crippen LogP contribution in [0.4, 0.5) is 4.79 Å². The van der Waals surface area contributed by atoms with Gasteiger partial charge in [0.1, 0.15) is 17.1 Å². The van der Waals surface area contributed by atoms with Crippen molar-refractivity contribution in [3.8, 4) is 11.5 Å². The molecule has 4 rings (SSSR count). The molecule has 10 nitrogen and oxygen atoms in total. The lowest BCUT2D eigenvalue weighted by Gasteiger charge is -2.42. The van der Waals surface area contributed by atoms with Gasteiger partial charge in [-0.2, -0.15) is 0 Å². The van der Waals surface area contributed by atoms with Crippen LogP contribution in [0.25, 0.3) is 0 Å². The number of unbranched alkanes of at least 4 members (excludes halogenated alkanes) is 1. The molecule has 2 atom stereocenters. The molecule has 0 aliphatic carbocycles. The molecule has 3 amide bonds. The number of amides is 3. The minimum absolute atomic E-state index is 0.130. The number of hydrogen-bond acceptors (Lipinski definition) is 7. The van der Waals surface area contributed by atoms with Gasteiger partial charge < -0.3 is 34.4 Å². The van der Waals surface area contributed by atoms with Gasteiger partial charge in [0.05, 0.1) is 17.4 Å². The van der Waals surface area contributed by atoms with Crippen LogP contribution in [0.15, 0.2) is 48.5 Å². The van der Waals surface area contributed by atoms with E-state index >= 15 is 0 Å². The fourth-order valence-corrected chi connectivity index (χ4v) is 6.80. The fraction of sp³-hybridized carbons (Fsp3) is 0.605. The van der Waals surface area contributed by atoms with Crippen molar-refractivity contribution < 1.29 is 33.7 Å². The molecule has 0 aromatic heterocycles. The molecule has 264 valence electrons. The number of para-hydroxylation sites is 2. The standard InChI is InChI=1S/C38H55N3O7/c1-8-40(21-20-37(5,6)45)34(43)28-23-27(24-41(25-28)35(44)48-36(2,3)4)33(42)39-26-38(19-13-14-22-46-7)29-15-9-11-17-31(29)47-32-18-12-10-16-30(32)38/h9-12,15-18,27-28,45H,8,13-14,19-26H2,1-7H3,(H,39,42)/t27-,28+/m0/s1. The number of aliphatic hydroxyl groups is 1. The molecule has 2 aliphatic rings. The molecule has 0 saturated carbocycles. The molecule has 10 heteroatoms. The number of carbonyl (C=O) groups excluding carboxylic acids is 3. The van der Waals surface area contributed by atoms with Crippen molar-refractivity contribution in [2.75, 3.05) is 46.4 Å². The summed E-state index contributed by atoms with van der Waals surface area (Å²) in [5, 5.41) is 13.6. The minimum Gasteiger partial charge on any atom is -0.457 e. The first-order valence-corrected chi connectivity index (χ1v) is 17.3. The molecule has 0 unspecified atom stereocenters. The van der Waals surface area contributed by atoms with E-state index < -0.39 is 34.5 Å². The van der Waals surface area contributed by atoms with Gasteiger partial charge in [0.25, 0.3) is 0 Å². The Balaban J connectivity index is 1.62. The molecule has 2 heterocycles. The summed E-state index contributed by atoms with van der Waals surface area (Å²) >= 11 is 0. The van der Waals surface area contributed by atoms with Crippen LogP contribution >= 0.6 is 0 Å². The monoisotopic (exact) mass is 665 g/mol. The van der Waals surface area contributed by atoms with E-state index in [1.807, 2.05) is 43.3 Å². The quantitative estimate of drug-likeness (QED) is 0.256. The summed E-state index contributed by atoms with van der Waals surface area (Å²) in [5.74, 6) is -0.0157. The Morgan fingerprint density at radius 1 is 0.979 bits per heavy atom. The number of hydrogen-bond donors (Lipinski definition) is 2. The molecule has 2 aliphatic heterocycles. The van der Waals surface area contributed by atoms with Crippen LogP contribution in [0.5, 0.6) is 11.5 Å². The second kappa shape index (κ2) is 15.7. The van der Waals surface area contributed by atoms with E-state index in [0.29, 0.717) is 39.1 Å². The molecule has 48 heavy (non-hydrogen) atoms. The first kappa shape index (κ1) is 37.2. The van der Waals surface area contributed by atoms with E-state index in [1.165, 1.54) is 4.90 Å². The Hall–Kier alpha value is -3.63. The lowest BCUT2D eigenvalue weighted by atomic mass is 9.69. The predicted molar refractivity (Wildman–Crippen MR) is 185 cm³/mol. The zero-order chi connectivity index (χ0) is 35.1. The largest absolute Gasteiger partial charge is 0.457 e. The van der Waals surface area contributed by atoms with Gasteiger partial charge in [0.2, 0.25) is 11.8 Å². The van der Waals surface area contributed by atoms with E-state index in [4.69, 9.17) is 14.2 Å². The van der Waals surface area contributed by atoms with Crippen molar-refractivity contribution in [1.29, 1.82) is 0 Å². The third-order valence-electron chi connectivity index (χ3n) is 9.30. The number of piperidine rings is 1. The lowest BCUT2D eigenvalue weighted by Crippen LogP contribution is -2.54. The molecule has 1 fully saturated rings. The lowest BCUT2D eigenvalue weighted by molar-refractivity contribution is -0.139. The molecule has 0 bridgehead atoms. The number of ether oxygens (including phenoxy) is 3. The van der Waals surface area contributed by atoms with E-state index in [2.05, 4.69) is 17.4 Å². The van der Waals surface area contributed by atoms with E-state index in [9.17, 15) is 19.5 Å². The van der Waals surface area contributed by atoms with Gasteiger partial charge >= 0.3 is 6.09 Å². The first-order chi connectivity index (χ1) is 22.7. The second-order valence-electron chi connectivity index (χ2n) is 14.8. The molecule has 0 spiro atoms. The SMILES string of the molecule is CCN(CCC(C)(C)O)C(=O)[C@@H]1C[C@H](C(=O)NCC2(CCCCOC)c3ccccc3Oc3ccccc32)CN(C(=O)OC(C)(C)C)C1. The van der Waals surface area contributed by atoms with Gasteiger partial charge in [-0.3, -0.25) is 9.59 Å². The maximum atomic E-state index is 14.2. The Kier molecular flexibility index (Phi) is 12.2. The number of fused-ring (bicyclic) bond motifs is 2. The van der Waals surface area contributed by atoms with Crippen molar-refractivity contribution in [1.82, 2.24) is 15.1 Å². The Bertz CT molecular complexity index is 1370. The third-order valence-corrected chi connectivity index (χ3v) is 9.30. The van der Waals surface area contributed by atoms with Gasteiger partial charge in [-0.15, -0.1) is 0 Å². The molecule has 2 aromatic rings. The van der Waals surface area contributed by atoms with Crippen LogP contribution in [-0.4, -0.2) is 90.5 Å². The Morgan fingerprint density at radius 2 is 1.58 bits per heavy atom. The van der Waals surface area contributed by atoms with Crippen LogP contribution in [-0.2, 0) is 24.5 Å². The molecule has 0 radical (unpaired) electrons. The van der Waals surface area contributed by atoms with E-state index in [1.54, 1.807) is 46.6 Å². The third kappa shape index (κ3) is 9.29. The van der Waals surface area contributed by atoms with Crippen LogP contribution in [0.2, 0.25) is 0 Å². The van der Waals surface area contributed by atoms with E-state index in [-0.39, 0.29) is 24.9 Å². The van der Waals surface area contributed by atoms with E-state index in [0.717, 1.165) is 41.9 Å². The molecular formula is C38H55N3O7. The minimum atomic E-state index is -0.924. The number of likely N-dealkylation sites (tertiary alicyclic amines) is 1. The topological polar surface area (TPSA) is 118 Å². The van der Waals surface area contributed by atoms with Crippen LogP contribution < -0.4 is 10.1 Å². The van der Waals surface area contributed by atoms with Crippen molar-refractivity contribution in [2.45, 2.75) is 90.3 Å². The summed E-state index contributed by atoms with van der Waals surface area (Å²) in [6.45, 7) is 12.9. The first-order valence-electron chi connectivity index (χ1n) is 17.3. The van der Waals surface area contributed by atoms with Gasteiger partial charge in [0, 0.05) is 63.0 Å². The average Bonchev–Trinajstić information content (AvgIpc) is 3.04. The number of nitrogens with one attached hydrogen (secondary N) is 1. The highest BCUT2D eigenvalue weighted by molar-refractivity contribution is 5.84. The van der Waals surface area contributed by atoms with Crippen molar-refractivity contribution in [2.24, 2.45) is 11.8 Å². The zero-order valence-corrected chi connectivity index (χ0v) is 29.8. The summed E-state index contributed by atoms with van der Waals surface area (Å²) < 4.78 is 17.4. The smallest absolute Gasteiger partial charge is 0.410 e. The van der Waals surface area contributed by atoms with Crippen molar-refractivity contribution in [3.05, 3.63) is 59.7 Å². The highest BCUT2D eigenvalue weighted by atomic mass is 16.6. The highest BCUT2D eigenvalue weighted by Gasteiger charge is 2.44. The average molecular weight is 666 g/mol. The van der Waals surface area contributed by atoms with Gasteiger partial charge in [-0.25, -0.2) is 4.79 Å². The van der Waals surface area contributed by atoms with Gasteiger partial charge in [-0.1, -0.05) is 36.4 Å². The summed E-state index contributed by atoms with van der Waals surface area (Å²) in [6, 6.07) is 16.0. The second-order valence-corrected chi connectivity index (χ2v) is 14.8. The van der Waals surface area contributed by atoms with Gasteiger partial charge in [0.15, 0.2) is 0 Å². The summed E-state index contributed by atoms with van der Waals surface area (Å²) in [6.07, 6.45) is 2.68. The number of carbonyl (C=O) groups is 3. The Morgan fingerprint density at radius 3 is 2.15 bits per heavy atom. The van der Waals surface area contributed by atoms with Crippen LogP contribution in [0.3, 0.4) is 0 Å². The molecular weight excluding hydrogens is 610 g/mol. The Labute approximate surface area is 286 Å². The maximum absolute atomic E-state index is 14.2. The number of benzene rings is 2. The summed E-state index contributed by atoms with van der Waals surface area (Å²) in [4.78, 5) is 44.6. The number of methoxy groups -OCH3 is 1. The predicted octanol–water partition coefficient (Wildman–Crippen LogP) is 5.89. The summed E-state index contributed by atoms with van der Waals surface area (Å²) in [7, 11) is 1.70. The van der Waals surface area contributed by atoms with Crippen molar-refractivity contribution in [3.63, 3.8) is 0 Å². The van der Waals surface area contributed by atoms with Crippen LogP contribution in [0, 0.1) is 11.8 Å². The van der Waals surface area contributed by atoms with Gasteiger partial charge in [-0.05, 0) is 85.8 Å². The fourth-order valence-electron chi connectivity index (χ4n) is 6.80. The number of nitrogens with zero attached hydrogens (tertiary/aromatic N) is 2. The molecule has 1 saturated heterocycles. The molecule has 2 N–H and O–H groups in total. The number of rotatable bonds is 13. The highest BCUT2D eigenvalue weighted by Crippen LogP contribution is 2.50. The molecule has 2 aromatic carbocycles. The summed E-state index contributed by atoms with van der Waals surface area (Å²) in [5.41, 5.74) is -0.184. The zero-order valence-electron chi connectivity index (χ0n) is 29.8.